The van der Waals surface area contributed by atoms with Gasteiger partial charge in [0.25, 0.3) is 0 Å². The molecule has 2 N–H and O–H groups in total. The van der Waals surface area contributed by atoms with Gasteiger partial charge in [-0.2, -0.15) is 0 Å². The fourth-order valence-corrected chi connectivity index (χ4v) is 4.00. The summed E-state index contributed by atoms with van der Waals surface area (Å²) in [4.78, 5) is 2.41. The van der Waals surface area contributed by atoms with Crippen molar-refractivity contribution in [2.45, 2.75) is 54.7 Å². The highest BCUT2D eigenvalue weighted by atomic mass is 32.2. The summed E-state index contributed by atoms with van der Waals surface area (Å²) < 4.78 is 0. The molecule has 156 valence electrons. The van der Waals surface area contributed by atoms with E-state index in [4.69, 9.17) is 0 Å². The van der Waals surface area contributed by atoms with E-state index in [1.807, 2.05) is 36.8 Å². The van der Waals surface area contributed by atoms with Crippen LogP contribution in [0.3, 0.4) is 0 Å². The number of hydrogen-bond donors (Lipinski definition) is 2. The quantitative estimate of drug-likeness (QED) is 0.126. The lowest BCUT2D eigenvalue weighted by Gasteiger charge is -2.07. The predicted octanol–water partition coefficient (Wildman–Crippen LogP) is 6.92. The highest BCUT2D eigenvalue weighted by Crippen LogP contribution is 2.19. The molecule has 0 saturated heterocycles. The minimum absolute atomic E-state index is 0.751. The summed E-state index contributed by atoms with van der Waals surface area (Å²) in [5, 5.41) is 25.6. The monoisotopic (exact) mass is 430 g/mol. The van der Waals surface area contributed by atoms with E-state index in [9.17, 15) is 10.4 Å². The summed E-state index contributed by atoms with van der Waals surface area (Å²) in [6.45, 7) is 0. The zero-order valence-electron chi connectivity index (χ0n) is 17.2. The van der Waals surface area contributed by atoms with Crippen LogP contribution in [0.5, 0.6) is 0 Å². The van der Waals surface area contributed by atoms with Crippen molar-refractivity contribution in [2.75, 3.05) is 12.5 Å². The number of nitrogens with zero attached hydrogens (tertiary/aromatic N) is 2. The van der Waals surface area contributed by atoms with E-state index in [2.05, 4.69) is 34.6 Å². The van der Waals surface area contributed by atoms with Gasteiger partial charge in [-0.1, -0.05) is 53.8 Å². The van der Waals surface area contributed by atoms with Crippen LogP contribution in [0.25, 0.3) is 0 Å². The number of oxime groups is 2. The molecule has 0 radical (unpaired) electrons. The molecule has 6 heteroatoms. The Labute approximate surface area is 182 Å². The van der Waals surface area contributed by atoms with E-state index in [1.54, 1.807) is 23.5 Å². The standard InChI is InChI=1S/C23H30N2O2S2/c1-28-20-14-10-18(11-15-20)22(24-26)8-6-4-3-5-7-9-23(25-27)19-12-16-21(29-2)17-13-19/h10-17,26-27H,3-9H2,1-2H3. The molecule has 2 aromatic rings. The van der Waals surface area contributed by atoms with Gasteiger partial charge in [0.1, 0.15) is 0 Å². The van der Waals surface area contributed by atoms with Crippen LogP contribution in [0.2, 0.25) is 0 Å². The molecular weight excluding hydrogens is 400 g/mol. The molecule has 0 aliphatic carbocycles. The lowest BCUT2D eigenvalue weighted by Crippen LogP contribution is -2.02. The molecule has 4 nitrogen and oxygen atoms in total. The number of hydrogen-bond acceptors (Lipinski definition) is 6. The fraction of sp³-hybridized carbons (Fsp3) is 0.391. The minimum atomic E-state index is 0.751. The molecule has 0 aromatic heterocycles. The Kier molecular flexibility index (Phi) is 10.7. The van der Waals surface area contributed by atoms with E-state index in [0.717, 1.165) is 67.5 Å². The highest BCUT2D eigenvalue weighted by Gasteiger charge is 2.06. The van der Waals surface area contributed by atoms with E-state index < -0.39 is 0 Å². The lowest BCUT2D eigenvalue weighted by molar-refractivity contribution is 0.317. The maximum absolute atomic E-state index is 9.32. The van der Waals surface area contributed by atoms with Crippen LogP contribution in [0, 0.1) is 0 Å². The average molecular weight is 431 g/mol. The molecule has 29 heavy (non-hydrogen) atoms. The second-order valence-electron chi connectivity index (χ2n) is 6.82. The van der Waals surface area contributed by atoms with Crippen molar-refractivity contribution >= 4 is 34.9 Å². The summed E-state index contributed by atoms with van der Waals surface area (Å²) in [6, 6.07) is 16.3. The number of rotatable bonds is 12. The number of thioether (sulfide) groups is 2. The average Bonchev–Trinajstić information content (AvgIpc) is 2.78. The van der Waals surface area contributed by atoms with Gasteiger partial charge < -0.3 is 10.4 Å². The van der Waals surface area contributed by atoms with E-state index in [1.165, 1.54) is 9.79 Å². The van der Waals surface area contributed by atoms with E-state index in [0.29, 0.717) is 0 Å². The predicted molar refractivity (Wildman–Crippen MR) is 125 cm³/mol. The largest absolute Gasteiger partial charge is 0.411 e. The summed E-state index contributed by atoms with van der Waals surface area (Å²) in [7, 11) is 0. The summed E-state index contributed by atoms with van der Waals surface area (Å²) in [5.41, 5.74) is 3.48. The van der Waals surface area contributed by atoms with Gasteiger partial charge in [0.2, 0.25) is 0 Å². The minimum Gasteiger partial charge on any atom is -0.411 e. The van der Waals surface area contributed by atoms with E-state index >= 15 is 0 Å². The lowest BCUT2D eigenvalue weighted by atomic mass is 10.0. The first-order valence-corrected chi connectivity index (χ1v) is 12.4. The first-order chi connectivity index (χ1) is 14.2. The number of benzene rings is 2. The van der Waals surface area contributed by atoms with Crippen LogP contribution in [0.4, 0.5) is 0 Å². The molecule has 0 spiro atoms. The Morgan fingerprint density at radius 2 is 0.966 bits per heavy atom. The third kappa shape index (κ3) is 7.78. The summed E-state index contributed by atoms with van der Waals surface area (Å²) in [6.07, 6.45) is 11.0. The molecule has 2 aromatic carbocycles. The molecule has 0 aliphatic rings. The third-order valence-corrected chi connectivity index (χ3v) is 6.40. The summed E-state index contributed by atoms with van der Waals surface area (Å²) >= 11 is 3.40. The van der Waals surface area contributed by atoms with Crippen molar-refractivity contribution in [3.05, 3.63) is 59.7 Å². The maximum atomic E-state index is 9.32. The van der Waals surface area contributed by atoms with Crippen LogP contribution >= 0.6 is 23.5 Å². The molecule has 2 rings (SSSR count). The van der Waals surface area contributed by atoms with Crippen molar-refractivity contribution in [2.24, 2.45) is 10.3 Å². The Balaban J connectivity index is 1.66. The molecule has 0 bridgehead atoms. The topological polar surface area (TPSA) is 65.2 Å². The zero-order chi connectivity index (χ0) is 20.9. The second-order valence-corrected chi connectivity index (χ2v) is 8.58. The van der Waals surface area contributed by atoms with Crippen molar-refractivity contribution in [3.8, 4) is 0 Å². The van der Waals surface area contributed by atoms with Gasteiger partial charge in [0, 0.05) is 9.79 Å². The fourth-order valence-electron chi connectivity index (χ4n) is 3.19. The SMILES string of the molecule is CSc1ccc(C(CCCCCCCC(=NO)c2ccc(SC)cc2)=NO)cc1. The Morgan fingerprint density at radius 3 is 1.28 bits per heavy atom. The molecule has 0 saturated carbocycles. The van der Waals surface area contributed by atoms with Gasteiger partial charge in [-0.15, -0.1) is 23.5 Å². The molecule has 0 amide bonds. The zero-order valence-corrected chi connectivity index (χ0v) is 18.8. The van der Waals surface area contributed by atoms with Crippen LogP contribution in [-0.2, 0) is 0 Å². The van der Waals surface area contributed by atoms with Crippen molar-refractivity contribution in [1.82, 2.24) is 0 Å². The van der Waals surface area contributed by atoms with Crippen molar-refractivity contribution < 1.29 is 10.4 Å². The van der Waals surface area contributed by atoms with E-state index in [-0.39, 0.29) is 0 Å². The van der Waals surface area contributed by atoms with Gasteiger partial charge >= 0.3 is 0 Å². The molecule has 0 aliphatic heterocycles. The number of unbranched alkanes of at least 4 members (excludes halogenated alkanes) is 4. The van der Waals surface area contributed by atoms with Crippen molar-refractivity contribution in [3.63, 3.8) is 0 Å². The van der Waals surface area contributed by atoms with Gasteiger partial charge in [-0.25, -0.2) is 0 Å². The van der Waals surface area contributed by atoms with Crippen LogP contribution in [0.1, 0.15) is 56.1 Å². The Hall–Kier alpha value is -1.92. The van der Waals surface area contributed by atoms with Gasteiger partial charge in [-0.05, 0) is 73.6 Å². The molecule has 0 fully saturated rings. The Morgan fingerprint density at radius 1 is 0.621 bits per heavy atom. The van der Waals surface area contributed by atoms with Crippen LogP contribution in [-0.4, -0.2) is 34.3 Å². The molecule has 0 heterocycles. The second kappa shape index (κ2) is 13.3. The van der Waals surface area contributed by atoms with Crippen molar-refractivity contribution in [1.29, 1.82) is 0 Å². The summed E-state index contributed by atoms with van der Waals surface area (Å²) in [5.74, 6) is 0. The van der Waals surface area contributed by atoms with Crippen LogP contribution in [0.15, 0.2) is 68.6 Å². The first kappa shape index (κ1) is 23.4. The Bertz CT molecular complexity index is 720. The smallest absolute Gasteiger partial charge is 0.0867 e. The molecular formula is C23H30N2O2S2. The highest BCUT2D eigenvalue weighted by molar-refractivity contribution is 7.98. The first-order valence-electron chi connectivity index (χ1n) is 9.92. The van der Waals surface area contributed by atoms with Crippen LogP contribution < -0.4 is 0 Å². The van der Waals surface area contributed by atoms with Gasteiger partial charge in [-0.3, -0.25) is 0 Å². The normalized spacial score (nSPS) is 12.3. The van der Waals surface area contributed by atoms with Gasteiger partial charge in [0.15, 0.2) is 0 Å². The maximum Gasteiger partial charge on any atom is 0.0867 e. The third-order valence-electron chi connectivity index (χ3n) is 4.92. The molecule has 0 unspecified atom stereocenters. The molecule has 0 atom stereocenters. The van der Waals surface area contributed by atoms with Gasteiger partial charge in [0.05, 0.1) is 11.4 Å².